The second-order valence-electron chi connectivity index (χ2n) is 6.18. The molecule has 2 heterocycles. The molecule has 7 heteroatoms. The Morgan fingerprint density at radius 2 is 1.81 bits per heavy atom. The molecule has 26 heavy (non-hydrogen) atoms. The Morgan fingerprint density at radius 3 is 2.50 bits per heavy atom. The molecule has 142 valence electrons. The molecule has 1 atom stereocenters. The third kappa shape index (κ3) is 5.87. The summed E-state index contributed by atoms with van der Waals surface area (Å²) in [6.07, 6.45) is 5.54. The fourth-order valence-electron chi connectivity index (χ4n) is 2.98. The molecule has 1 amide bonds. The van der Waals surface area contributed by atoms with Gasteiger partial charge in [0, 0.05) is 25.8 Å². The second-order valence-corrected chi connectivity index (χ2v) is 6.18. The van der Waals surface area contributed by atoms with Gasteiger partial charge in [0.05, 0.1) is 0 Å². The SMILES string of the molecule is Cl.Cl.NC(C(=O)NCc1ccnc(N2CCCCC2)c1)c1ccccc1. The van der Waals surface area contributed by atoms with E-state index in [0.29, 0.717) is 6.54 Å². The summed E-state index contributed by atoms with van der Waals surface area (Å²) in [7, 11) is 0. The molecule has 1 aliphatic heterocycles. The summed E-state index contributed by atoms with van der Waals surface area (Å²) >= 11 is 0. The third-order valence-corrected chi connectivity index (χ3v) is 4.40. The van der Waals surface area contributed by atoms with Crippen molar-refractivity contribution < 1.29 is 4.79 Å². The number of aromatic nitrogens is 1. The number of benzene rings is 1. The number of hydrogen-bond donors (Lipinski definition) is 2. The van der Waals surface area contributed by atoms with E-state index < -0.39 is 6.04 Å². The molecule has 0 spiro atoms. The van der Waals surface area contributed by atoms with Crippen molar-refractivity contribution in [3.8, 4) is 0 Å². The van der Waals surface area contributed by atoms with Crippen molar-refractivity contribution in [3.05, 3.63) is 59.8 Å². The van der Waals surface area contributed by atoms with Crippen LogP contribution in [-0.4, -0.2) is 24.0 Å². The molecule has 1 fully saturated rings. The van der Waals surface area contributed by atoms with Crippen molar-refractivity contribution >= 4 is 36.5 Å². The Morgan fingerprint density at radius 1 is 1.12 bits per heavy atom. The molecule has 0 radical (unpaired) electrons. The molecule has 1 saturated heterocycles. The van der Waals surface area contributed by atoms with Gasteiger partial charge in [0.1, 0.15) is 11.9 Å². The van der Waals surface area contributed by atoms with E-state index in [0.717, 1.165) is 30.0 Å². The van der Waals surface area contributed by atoms with E-state index in [-0.39, 0.29) is 30.7 Å². The average Bonchev–Trinajstić information content (AvgIpc) is 2.67. The Kier molecular flexibility index (Phi) is 9.41. The van der Waals surface area contributed by atoms with Crippen LogP contribution in [0.5, 0.6) is 0 Å². The molecule has 0 aliphatic carbocycles. The van der Waals surface area contributed by atoms with Crippen molar-refractivity contribution in [1.82, 2.24) is 10.3 Å². The van der Waals surface area contributed by atoms with Gasteiger partial charge in [0.25, 0.3) is 0 Å². The Hall–Kier alpha value is -1.82. The third-order valence-electron chi connectivity index (χ3n) is 4.40. The summed E-state index contributed by atoms with van der Waals surface area (Å²) in [6.45, 7) is 2.58. The first-order chi connectivity index (χ1) is 11.7. The number of piperidine rings is 1. The summed E-state index contributed by atoms with van der Waals surface area (Å²) in [5, 5.41) is 2.92. The molecule has 1 unspecified atom stereocenters. The van der Waals surface area contributed by atoms with Crippen LogP contribution in [-0.2, 0) is 11.3 Å². The zero-order valence-electron chi connectivity index (χ0n) is 14.6. The zero-order chi connectivity index (χ0) is 16.8. The van der Waals surface area contributed by atoms with E-state index in [1.165, 1.54) is 19.3 Å². The van der Waals surface area contributed by atoms with Crippen LogP contribution in [0.3, 0.4) is 0 Å². The number of hydrogen-bond acceptors (Lipinski definition) is 4. The lowest BCUT2D eigenvalue weighted by molar-refractivity contribution is -0.122. The summed E-state index contributed by atoms with van der Waals surface area (Å²) in [5.41, 5.74) is 7.88. The van der Waals surface area contributed by atoms with Gasteiger partial charge in [0.15, 0.2) is 0 Å². The summed E-state index contributed by atoms with van der Waals surface area (Å²) in [4.78, 5) is 19.0. The minimum absolute atomic E-state index is 0. The molecule has 2 aromatic rings. The van der Waals surface area contributed by atoms with Gasteiger partial charge >= 0.3 is 0 Å². The van der Waals surface area contributed by atoms with Crippen LogP contribution < -0.4 is 16.0 Å². The first-order valence-electron chi connectivity index (χ1n) is 8.52. The topological polar surface area (TPSA) is 71.2 Å². The highest BCUT2D eigenvalue weighted by atomic mass is 35.5. The molecule has 1 aromatic heterocycles. The van der Waals surface area contributed by atoms with E-state index in [4.69, 9.17) is 5.73 Å². The van der Waals surface area contributed by atoms with Crippen LogP contribution in [0.1, 0.15) is 36.4 Å². The Bertz CT molecular complexity index is 678. The predicted molar refractivity (Wildman–Crippen MR) is 110 cm³/mol. The number of anilines is 1. The molecular weight excluding hydrogens is 371 g/mol. The summed E-state index contributed by atoms with van der Waals surface area (Å²) in [6, 6.07) is 12.8. The van der Waals surface area contributed by atoms with Gasteiger partial charge in [-0.25, -0.2) is 4.98 Å². The fraction of sp³-hybridized carbons (Fsp3) is 0.368. The molecule has 0 bridgehead atoms. The van der Waals surface area contributed by atoms with Crippen LogP contribution in [0, 0.1) is 0 Å². The lowest BCUT2D eigenvalue weighted by Gasteiger charge is -2.28. The van der Waals surface area contributed by atoms with Crippen molar-refractivity contribution in [3.63, 3.8) is 0 Å². The number of pyridine rings is 1. The number of nitrogens with zero attached hydrogens (tertiary/aromatic N) is 2. The second kappa shape index (κ2) is 11.0. The maximum Gasteiger partial charge on any atom is 0.241 e. The maximum absolute atomic E-state index is 12.2. The fourth-order valence-corrected chi connectivity index (χ4v) is 2.98. The predicted octanol–water partition coefficient (Wildman–Crippen LogP) is 3.23. The van der Waals surface area contributed by atoms with Crippen molar-refractivity contribution in [1.29, 1.82) is 0 Å². The van der Waals surface area contributed by atoms with E-state index in [1.807, 2.05) is 42.6 Å². The van der Waals surface area contributed by atoms with Gasteiger partial charge in [-0.2, -0.15) is 0 Å². The highest BCUT2D eigenvalue weighted by molar-refractivity contribution is 5.85. The number of halogens is 2. The first kappa shape index (κ1) is 22.2. The van der Waals surface area contributed by atoms with Crippen molar-refractivity contribution in [2.75, 3.05) is 18.0 Å². The number of carbonyl (C=O) groups is 1. The van der Waals surface area contributed by atoms with Crippen LogP contribution in [0.2, 0.25) is 0 Å². The van der Waals surface area contributed by atoms with Gasteiger partial charge in [-0.15, -0.1) is 24.8 Å². The average molecular weight is 397 g/mol. The molecular formula is C19H26Cl2N4O. The number of amides is 1. The zero-order valence-corrected chi connectivity index (χ0v) is 16.3. The molecule has 5 nitrogen and oxygen atoms in total. The normalized spacial score (nSPS) is 14.6. The molecule has 1 aliphatic rings. The number of nitrogens with one attached hydrogen (secondary N) is 1. The Balaban J connectivity index is 0.00000169. The first-order valence-corrected chi connectivity index (χ1v) is 8.52. The van der Waals surface area contributed by atoms with Crippen molar-refractivity contribution in [2.45, 2.75) is 31.8 Å². The maximum atomic E-state index is 12.2. The van der Waals surface area contributed by atoms with Crippen LogP contribution >= 0.6 is 24.8 Å². The molecule has 3 N–H and O–H groups in total. The van der Waals surface area contributed by atoms with Gasteiger partial charge in [-0.05, 0) is 42.5 Å². The molecule has 1 aromatic carbocycles. The van der Waals surface area contributed by atoms with Gasteiger partial charge in [-0.3, -0.25) is 4.79 Å². The quantitative estimate of drug-likeness (QED) is 0.813. The van der Waals surface area contributed by atoms with Gasteiger partial charge in [-0.1, -0.05) is 30.3 Å². The van der Waals surface area contributed by atoms with Crippen LogP contribution in [0.25, 0.3) is 0 Å². The largest absolute Gasteiger partial charge is 0.357 e. The van der Waals surface area contributed by atoms with Crippen LogP contribution in [0.4, 0.5) is 5.82 Å². The highest BCUT2D eigenvalue weighted by Gasteiger charge is 2.16. The monoisotopic (exact) mass is 396 g/mol. The minimum atomic E-state index is -0.644. The smallest absolute Gasteiger partial charge is 0.241 e. The lowest BCUT2D eigenvalue weighted by Crippen LogP contribution is -2.34. The highest BCUT2D eigenvalue weighted by Crippen LogP contribution is 2.18. The minimum Gasteiger partial charge on any atom is -0.357 e. The number of carbonyl (C=O) groups excluding carboxylic acids is 1. The van der Waals surface area contributed by atoms with Crippen molar-refractivity contribution in [2.24, 2.45) is 5.73 Å². The van der Waals surface area contributed by atoms with Gasteiger partial charge in [0.2, 0.25) is 5.91 Å². The summed E-state index contributed by atoms with van der Waals surface area (Å²) < 4.78 is 0. The Labute approximate surface area is 167 Å². The van der Waals surface area contributed by atoms with Gasteiger partial charge < -0.3 is 16.0 Å². The van der Waals surface area contributed by atoms with E-state index in [1.54, 1.807) is 0 Å². The van der Waals surface area contributed by atoms with E-state index in [9.17, 15) is 4.79 Å². The standard InChI is InChI=1S/C19H24N4O.2ClH/c20-18(16-7-3-1-4-8-16)19(24)22-14-15-9-10-21-17(13-15)23-11-5-2-6-12-23;;/h1,3-4,7-10,13,18H,2,5-6,11-12,14,20H2,(H,22,24);2*1H. The summed E-state index contributed by atoms with van der Waals surface area (Å²) in [5.74, 6) is 0.825. The number of nitrogens with two attached hydrogens (primary N) is 1. The van der Waals surface area contributed by atoms with E-state index >= 15 is 0 Å². The molecule has 0 saturated carbocycles. The lowest BCUT2D eigenvalue weighted by atomic mass is 10.1. The van der Waals surface area contributed by atoms with E-state index in [2.05, 4.69) is 21.3 Å². The van der Waals surface area contributed by atoms with Crippen LogP contribution in [0.15, 0.2) is 48.7 Å². The molecule has 3 rings (SSSR count). The number of rotatable bonds is 5.